The minimum absolute atomic E-state index is 0.0166. The maximum Gasteiger partial charge on any atom is 0.239 e. The van der Waals surface area contributed by atoms with E-state index in [9.17, 15) is 17.6 Å². The Kier molecular flexibility index (Phi) is 4.83. The Morgan fingerprint density at radius 2 is 1.82 bits per heavy atom. The molecule has 0 aliphatic carbocycles. The molecule has 0 heterocycles. The molecule has 0 radical (unpaired) electrons. The van der Waals surface area contributed by atoms with Crippen molar-refractivity contribution >= 4 is 33.0 Å². The van der Waals surface area contributed by atoms with Crippen molar-refractivity contribution in [2.24, 2.45) is 0 Å². The molecule has 7 heteroatoms. The number of sulfone groups is 1. The summed E-state index contributed by atoms with van der Waals surface area (Å²) in [7, 11) is -3.76. The minimum Gasteiger partial charge on any atom is -0.325 e. The van der Waals surface area contributed by atoms with Gasteiger partial charge in [-0.3, -0.25) is 4.79 Å². The van der Waals surface area contributed by atoms with Crippen molar-refractivity contribution in [3.8, 4) is 0 Å². The maximum atomic E-state index is 13.0. The van der Waals surface area contributed by atoms with Crippen LogP contribution in [0.2, 0.25) is 5.02 Å². The summed E-state index contributed by atoms with van der Waals surface area (Å²) in [5.74, 6) is -1.82. The van der Waals surface area contributed by atoms with Gasteiger partial charge in [0.1, 0.15) is 11.6 Å². The van der Waals surface area contributed by atoms with Gasteiger partial charge in [-0.05, 0) is 55.0 Å². The molecule has 0 unspecified atom stereocenters. The molecule has 0 saturated heterocycles. The van der Waals surface area contributed by atoms with Gasteiger partial charge in [0.25, 0.3) is 0 Å². The van der Waals surface area contributed by atoms with Crippen LogP contribution < -0.4 is 5.32 Å². The van der Waals surface area contributed by atoms with Crippen LogP contribution in [0.25, 0.3) is 0 Å². The highest BCUT2D eigenvalue weighted by molar-refractivity contribution is 7.92. The van der Waals surface area contributed by atoms with E-state index in [-0.39, 0.29) is 4.90 Å². The first-order valence-electron chi connectivity index (χ1n) is 6.32. The van der Waals surface area contributed by atoms with Crippen LogP contribution in [0.5, 0.6) is 0 Å². The van der Waals surface area contributed by atoms with E-state index in [0.29, 0.717) is 16.3 Å². The fraction of sp³-hybridized carbons (Fsp3) is 0.133. The van der Waals surface area contributed by atoms with E-state index in [0.717, 1.165) is 0 Å². The van der Waals surface area contributed by atoms with Crippen molar-refractivity contribution in [3.05, 3.63) is 58.9 Å². The average Bonchev–Trinajstić information content (AvgIpc) is 2.42. The average molecular weight is 342 g/mol. The van der Waals surface area contributed by atoms with E-state index in [2.05, 4.69) is 5.32 Å². The van der Waals surface area contributed by atoms with Crippen LogP contribution in [0.4, 0.5) is 10.1 Å². The molecule has 0 bridgehead atoms. The second-order valence-electron chi connectivity index (χ2n) is 4.72. The Bertz CT molecular complexity index is 804. The van der Waals surface area contributed by atoms with Gasteiger partial charge in [0.05, 0.1) is 4.90 Å². The monoisotopic (exact) mass is 341 g/mol. The minimum atomic E-state index is -3.76. The number of nitrogens with one attached hydrogen (secondary N) is 1. The molecule has 4 nitrogen and oxygen atoms in total. The first-order valence-corrected chi connectivity index (χ1v) is 8.35. The van der Waals surface area contributed by atoms with Crippen LogP contribution in [-0.2, 0) is 14.6 Å². The fourth-order valence-electron chi connectivity index (χ4n) is 1.85. The van der Waals surface area contributed by atoms with E-state index in [4.69, 9.17) is 11.6 Å². The third-order valence-electron chi connectivity index (χ3n) is 2.96. The summed E-state index contributed by atoms with van der Waals surface area (Å²) in [6.07, 6.45) is 0. The number of rotatable bonds is 4. The van der Waals surface area contributed by atoms with E-state index in [1.807, 2.05) is 0 Å². The molecule has 2 aromatic carbocycles. The number of anilines is 1. The van der Waals surface area contributed by atoms with Gasteiger partial charge < -0.3 is 5.32 Å². The quantitative estimate of drug-likeness (QED) is 0.928. The van der Waals surface area contributed by atoms with E-state index >= 15 is 0 Å². The van der Waals surface area contributed by atoms with E-state index in [1.54, 1.807) is 6.92 Å². The lowest BCUT2D eigenvalue weighted by molar-refractivity contribution is -0.113. The van der Waals surface area contributed by atoms with Gasteiger partial charge in [0, 0.05) is 10.7 Å². The number of benzene rings is 2. The number of amides is 1. The lowest BCUT2D eigenvalue weighted by atomic mass is 10.2. The smallest absolute Gasteiger partial charge is 0.239 e. The summed E-state index contributed by atoms with van der Waals surface area (Å²) >= 11 is 5.70. The zero-order valence-corrected chi connectivity index (χ0v) is 13.2. The third kappa shape index (κ3) is 4.05. The number of halogens is 2. The molecule has 116 valence electrons. The molecule has 0 aliphatic rings. The predicted octanol–water partition coefficient (Wildman–Crippen LogP) is 3.20. The number of carbonyl (C=O) groups excluding carboxylic acids is 1. The van der Waals surface area contributed by atoms with Gasteiger partial charge in [-0.15, -0.1) is 0 Å². The van der Waals surface area contributed by atoms with Gasteiger partial charge in [-0.25, -0.2) is 12.8 Å². The first kappa shape index (κ1) is 16.5. The highest BCUT2D eigenvalue weighted by atomic mass is 35.5. The highest BCUT2D eigenvalue weighted by Gasteiger charge is 2.19. The third-order valence-corrected chi connectivity index (χ3v) is 4.84. The topological polar surface area (TPSA) is 63.2 Å². The maximum absolute atomic E-state index is 13.0. The molecule has 0 atom stereocenters. The Hall–Kier alpha value is -1.92. The molecule has 22 heavy (non-hydrogen) atoms. The molecule has 0 aliphatic heterocycles. The van der Waals surface area contributed by atoms with Gasteiger partial charge in [-0.1, -0.05) is 11.6 Å². The second-order valence-corrected chi connectivity index (χ2v) is 7.15. The van der Waals surface area contributed by atoms with Crippen LogP contribution >= 0.6 is 11.6 Å². The number of hydrogen-bond acceptors (Lipinski definition) is 3. The molecular weight excluding hydrogens is 329 g/mol. The molecule has 1 amide bonds. The number of hydrogen-bond donors (Lipinski definition) is 1. The first-order chi connectivity index (χ1) is 10.3. The summed E-state index contributed by atoms with van der Waals surface area (Å²) < 4.78 is 37.2. The largest absolute Gasteiger partial charge is 0.325 e. The van der Waals surface area contributed by atoms with Crippen molar-refractivity contribution < 1.29 is 17.6 Å². The zero-order valence-electron chi connectivity index (χ0n) is 11.6. The second kappa shape index (κ2) is 6.46. The van der Waals surface area contributed by atoms with Crippen molar-refractivity contribution in [3.63, 3.8) is 0 Å². The lowest BCUT2D eigenvalue weighted by Crippen LogP contribution is -2.23. The van der Waals surface area contributed by atoms with Crippen molar-refractivity contribution in [1.29, 1.82) is 0 Å². The number of aryl methyl sites for hydroxylation is 1. The summed E-state index contributed by atoms with van der Waals surface area (Å²) in [6.45, 7) is 1.62. The Balaban J connectivity index is 2.12. The molecule has 1 N–H and O–H groups in total. The molecule has 0 saturated carbocycles. The van der Waals surface area contributed by atoms with Gasteiger partial charge in [-0.2, -0.15) is 0 Å². The summed E-state index contributed by atoms with van der Waals surface area (Å²) in [5.41, 5.74) is 0.884. The fourth-order valence-corrected chi connectivity index (χ4v) is 3.11. The normalized spacial score (nSPS) is 11.2. The molecule has 0 spiro atoms. The number of carbonyl (C=O) groups is 1. The molecule has 2 rings (SSSR count). The standard InChI is InChI=1S/C15H13ClFNO3S/c1-10-8-12(17)4-7-14(10)18-15(19)9-22(20,21)13-5-2-11(16)3-6-13/h2-8H,9H2,1H3,(H,18,19). The van der Waals surface area contributed by atoms with Crippen LogP contribution in [0.3, 0.4) is 0 Å². The van der Waals surface area contributed by atoms with Gasteiger partial charge in [0.2, 0.25) is 5.91 Å². The van der Waals surface area contributed by atoms with E-state index < -0.39 is 27.3 Å². The summed E-state index contributed by atoms with van der Waals surface area (Å²) in [5, 5.41) is 2.87. The zero-order chi connectivity index (χ0) is 16.3. The SMILES string of the molecule is Cc1cc(F)ccc1NC(=O)CS(=O)(=O)c1ccc(Cl)cc1. The van der Waals surface area contributed by atoms with Crippen molar-refractivity contribution in [2.75, 3.05) is 11.1 Å². The van der Waals surface area contributed by atoms with Crippen LogP contribution in [0.15, 0.2) is 47.4 Å². The predicted molar refractivity (Wildman–Crippen MR) is 83.3 cm³/mol. The summed E-state index contributed by atoms with van der Waals surface area (Å²) in [6, 6.07) is 9.40. The highest BCUT2D eigenvalue weighted by Crippen LogP contribution is 2.18. The molecule has 0 aromatic heterocycles. The Morgan fingerprint density at radius 1 is 1.18 bits per heavy atom. The van der Waals surface area contributed by atoms with Crippen LogP contribution in [0.1, 0.15) is 5.56 Å². The van der Waals surface area contributed by atoms with Crippen LogP contribution in [0, 0.1) is 12.7 Å². The van der Waals surface area contributed by atoms with E-state index in [1.165, 1.54) is 42.5 Å². The lowest BCUT2D eigenvalue weighted by Gasteiger charge is -2.09. The van der Waals surface area contributed by atoms with Crippen LogP contribution in [-0.4, -0.2) is 20.1 Å². The molecular formula is C15H13ClFNO3S. The molecule has 0 fully saturated rings. The Labute approximate surface area is 132 Å². The molecule has 2 aromatic rings. The summed E-state index contributed by atoms with van der Waals surface area (Å²) in [4.78, 5) is 11.9. The van der Waals surface area contributed by atoms with Gasteiger partial charge >= 0.3 is 0 Å². The van der Waals surface area contributed by atoms with Crippen molar-refractivity contribution in [1.82, 2.24) is 0 Å². The Morgan fingerprint density at radius 3 is 2.41 bits per heavy atom. The van der Waals surface area contributed by atoms with Gasteiger partial charge in [0.15, 0.2) is 9.84 Å². The van der Waals surface area contributed by atoms with Crippen molar-refractivity contribution in [2.45, 2.75) is 11.8 Å².